The maximum Gasteiger partial charge on any atom is 0.259 e. The lowest BCUT2D eigenvalue weighted by molar-refractivity contribution is 0.846. The highest BCUT2D eigenvalue weighted by Gasteiger charge is 2.17. The maximum absolute atomic E-state index is 13.0. The summed E-state index contributed by atoms with van der Waals surface area (Å²) in [6, 6.07) is 15.1. The van der Waals surface area contributed by atoms with Crippen molar-refractivity contribution in [1.29, 1.82) is 5.26 Å². The fourth-order valence-electron chi connectivity index (χ4n) is 3.64. The molecule has 0 aliphatic heterocycles. The number of pyridine rings is 1. The zero-order valence-corrected chi connectivity index (χ0v) is 16.3. The summed E-state index contributed by atoms with van der Waals surface area (Å²) in [6.45, 7) is 0. The highest BCUT2D eigenvalue weighted by atomic mass is 35.5. The number of fused-ring (bicyclic) bond motifs is 3. The molecule has 2 aromatic carbocycles. The van der Waals surface area contributed by atoms with Crippen LogP contribution in [-0.2, 0) is 20.5 Å². The molecule has 2 heterocycles. The molecule has 0 N–H and O–H groups in total. The van der Waals surface area contributed by atoms with E-state index in [9.17, 15) is 4.79 Å². The molecule has 4 aromatic rings. The van der Waals surface area contributed by atoms with E-state index < -0.39 is 0 Å². The van der Waals surface area contributed by atoms with Crippen LogP contribution in [0.4, 0.5) is 0 Å². The van der Waals surface area contributed by atoms with E-state index >= 15 is 0 Å². The van der Waals surface area contributed by atoms with Crippen LogP contribution in [0.5, 0.6) is 0 Å². The van der Waals surface area contributed by atoms with Crippen LogP contribution in [-0.4, -0.2) is 9.13 Å². The minimum atomic E-state index is -0.130. The second-order valence-electron chi connectivity index (χ2n) is 6.53. The molecule has 0 aliphatic rings. The van der Waals surface area contributed by atoms with Gasteiger partial charge in [-0.05, 0) is 35.9 Å². The predicted molar refractivity (Wildman–Crippen MR) is 110 cm³/mol. The van der Waals surface area contributed by atoms with Gasteiger partial charge < -0.3 is 4.57 Å². The monoisotopic (exact) mass is 395 g/mol. The third kappa shape index (κ3) is 2.71. The van der Waals surface area contributed by atoms with Gasteiger partial charge in [0.25, 0.3) is 5.56 Å². The van der Waals surface area contributed by atoms with Gasteiger partial charge in [-0.25, -0.2) is 0 Å². The molecular formula is C21H15Cl2N3O. The van der Waals surface area contributed by atoms with E-state index in [4.69, 9.17) is 28.5 Å². The fourth-order valence-corrected chi connectivity index (χ4v) is 4.15. The van der Waals surface area contributed by atoms with Crippen LogP contribution in [0.2, 0.25) is 10.0 Å². The number of aromatic nitrogens is 2. The molecule has 134 valence electrons. The highest BCUT2D eigenvalue weighted by molar-refractivity contribution is 6.36. The van der Waals surface area contributed by atoms with Crippen LogP contribution < -0.4 is 5.56 Å². The second-order valence-corrected chi connectivity index (χ2v) is 7.37. The minimum Gasteiger partial charge on any atom is -0.330 e. The molecule has 0 radical (unpaired) electrons. The topological polar surface area (TPSA) is 50.7 Å². The summed E-state index contributed by atoms with van der Waals surface area (Å²) in [7, 11) is 3.69. The minimum absolute atomic E-state index is 0.130. The summed E-state index contributed by atoms with van der Waals surface area (Å²) in [4.78, 5) is 13.0. The highest BCUT2D eigenvalue weighted by Crippen LogP contribution is 2.33. The molecule has 0 atom stereocenters. The Labute approximate surface area is 165 Å². The van der Waals surface area contributed by atoms with Gasteiger partial charge in [-0.2, -0.15) is 5.26 Å². The molecule has 4 rings (SSSR count). The molecule has 0 amide bonds. The smallest absolute Gasteiger partial charge is 0.259 e. The number of benzene rings is 2. The van der Waals surface area contributed by atoms with Crippen LogP contribution in [0.15, 0.2) is 47.3 Å². The molecule has 0 saturated carbocycles. The van der Waals surface area contributed by atoms with Gasteiger partial charge in [0.15, 0.2) is 0 Å². The largest absolute Gasteiger partial charge is 0.330 e. The molecule has 4 nitrogen and oxygen atoms in total. The van der Waals surface area contributed by atoms with Gasteiger partial charge in [-0.1, -0.05) is 35.3 Å². The molecule has 6 heteroatoms. The van der Waals surface area contributed by atoms with E-state index in [1.807, 2.05) is 35.9 Å². The van der Waals surface area contributed by atoms with Crippen molar-refractivity contribution < 1.29 is 0 Å². The molecule has 2 aromatic heterocycles. The maximum atomic E-state index is 13.0. The summed E-state index contributed by atoms with van der Waals surface area (Å²) in [5.74, 6) is 0. The van der Waals surface area contributed by atoms with E-state index in [1.54, 1.807) is 29.8 Å². The molecule has 0 aliphatic carbocycles. The van der Waals surface area contributed by atoms with E-state index in [1.165, 1.54) is 0 Å². The van der Waals surface area contributed by atoms with Crippen molar-refractivity contribution >= 4 is 45.1 Å². The fraction of sp³-hybridized carbons (Fsp3) is 0.143. The number of nitrogens with zero attached hydrogens (tertiary/aromatic N) is 3. The van der Waals surface area contributed by atoms with Gasteiger partial charge in [-0.3, -0.25) is 9.36 Å². The standard InChI is InChI=1S/C21H15Cl2N3O/c1-25-19-6-3-12(7-8-24)9-15(19)16-11-17(21(27)26(2)20(16)25)14-5-4-13(22)10-18(14)23/h3-6,9-11H,7H2,1-2H3. The quantitative estimate of drug-likeness (QED) is 0.475. The van der Waals surface area contributed by atoms with Gasteiger partial charge in [-0.15, -0.1) is 0 Å². The first-order valence-corrected chi connectivity index (χ1v) is 9.11. The molecule has 0 saturated heterocycles. The Morgan fingerprint density at radius 2 is 1.74 bits per heavy atom. The van der Waals surface area contributed by atoms with Crippen LogP contribution in [0.25, 0.3) is 33.1 Å². The van der Waals surface area contributed by atoms with Crippen molar-refractivity contribution in [2.75, 3.05) is 0 Å². The molecule has 27 heavy (non-hydrogen) atoms. The Morgan fingerprint density at radius 3 is 2.44 bits per heavy atom. The van der Waals surface area contributed by atoms with Crippen molar-refractivity contribution in [2.24, 2.45) is 14.1 Å². The van der Waals surface area contributed by atoms with Crippen LogP contribution in [0, 0.1) is 11.3 Å². The Hall–Kier alpha value is -2.74. The number of hydrogen-bond acceptors (Lipinski definition) is 2. The first kappa shape index (κ1) is 17.7. The molecular weight excluding hydrogens is 381 g/mol. The lowest BCUT2D eigenvalue weighted by atomic mass is 10.0. The summed E-state index contributed by atoms with van der Waals surface area (Å²) < 4.78 is 3.63. The van der Waals surface area contributed by atoms with E-state index in [-0.39, 0.29) is 5.56 Å². The van der Waals surface area contributed by atoms with Gasteiger partial charge >= 0.3 is 0 Å². The zero-order valence-electron chi connectivity index (χ0n) is 14.8. The number of aryl methyl sites for hydroxylation is 2. The summed E-state index contributed by atoms with van der Waals surface area (Å²) in [5, 5.41) is 11.9. The van der Waals surface area contributed by atoms with Crippen LogP contribution >= 0.6 is 23.2 Å². The van der Waals surface area contributed by atoms with E-state index in [0.29, 0.717) is 27.6 Å². The lowest BCUT2D eigenvalue weighted by Gasteiger charge is -2.09. The van der Waals surface area contributed by atoms with Gasteiger partial charge in [0, 0.05) is 41.0 Å². The number of hydrogen-bond donors (Lipinski definition) is 0. The Morgan fingerprint density at radius 1 is 0.963 bits per heavy atom. The normalized spacial score (nSPS) is 11.2. The SMILES string of the molecule is Cn1c(=O)c(-c2ccc(Cl)cc2Cl)cc2c3cc(CC#N)ccc3n(C)c21. The first-order valence-electron chi connectivity index (χ1n) is 8.36. The Kier molecular flexibility index (Phi) is 4.22. The molecule has 0 fully saturated rings. The summed E-state index contributed by atoms with van der Waals surface area (Å²) in [6.07, 6.45) is 0.341. The van der Waals surface area contributed by atoms with E-state index in [2.05, 4.69) is 6.07 Å². The average Bonchev–Trinajstić information content (AvgIpc) is 2.91. The number of rotatable bonds is 2. The zero-order chi connectivity index (χ0) is 19.3. The molecule has 0 unspecified atom stereocenters. The Bertz CT molecular complexity index is 1330. The lowest BCUT2D eigenvalue weighted by Crippen LogP contribution is -2.20. The van der Waals surface area contributed by atoms with Gasteiger partial charge in [0.2, 0.25) is 0 Å². The second kappa shape index (κ2) is 6.45. The van der Waals surface area contributed by atoms with Crippen molar-refractivity contribution in [2.45, 2.75) is 6.42 Å². The van der Waals surface area contributed by atoms with Crippen molar-refractivity contribution in [3.05, 3.63) is 68.4 Å². The number of nitriles is 1. The number of halogens is 2. The average molecular weight is 396 g/mol. The first-order chi connectivity index (χ1) is 12.9. The van der Waals surface area contributed by atoms with Crippen molar-refractivity contribution in [3.8, 4) is 17.2 Å². The van der Waals surface area contributed by atoms with Gasteiger partial charge in [0.1, 0.15) is 5.65 Å². The Balaban J connectivity index is 2.12. The predicted octanol–water partition coefficient (Wildman–Crippen LogP) is 5.07. The third-order valence-electron chi connectivity index (χ3n) is 4.92. The van der Waals surface area contributed by atoms with Crippen molar-refractivity contribution in [3.63, 3.8) is 0 Å². The summed E-state index contributed by atoms with van der Waals surface area (Å²) >= 11 is 12.4. The molecule has 0 bridgehead atoms. The third-order valence-corrected chi connectivity index (χ3v) is 5.46. The van der Waals surface area contributed by atoms with E-state index in [0.717, 1.165) is 27.5 Å². The molecule has 0 spiro atoms. The summed E-state index contributed by atoms with van der Waals surface area (Å²) in [5.41, 5.74) is 3.80. The van der Waals surface area contributed by atoms with Crippen molar-refractivity contribution in [1.82, 2.24) is 9.13 Å². The van der Waals surface area contributed by atoms with Crippen LogP contribution in [0.1, 0.15) is 5.56 Å². The van der Waals surface area contributed by atoms with Gasteiger partial charge in [0.05, 0.1) is 23.0 Å². The van der Waals surface area contributed by atoms with Crippen LogP contribution in [0.3, 0.4) is 0 Å².